The maximum absolute atomic E-state index is 12.7. The van der Waals surface area contributed by atoms with Crippen molar-refractivity contribution in [3.8, 4) is 16.9 Å². The molecule has 1 aliphatic heterocycles. The number of hydrogen-bond donors (Lipinski definition) is 1. The van der Waals surface area contributed by atoms with E-state index in [-0.39, 0.29) is 25.5 Å². The molecule has 1 aliphatic rings. The first-order valence-electron chi connectivity index (χ1n) is 10.7. The first kappa shape index (κ1) is 22.1. The number of nitrogens with zero attached hydrogens (tertiary/aromatic N) is 1. The predicted molar refractivity (Wildman–Crippen MR) is 125 cm³/mol. The van der Waals surface area contributed by atoms with Gasteiger partial charge in [0, 0.05) is 17.8 Å². The molecule has 4 rings (SSSR count). The van der Waals surface area contributed by atoms with Crippen LogP contribution in [-0.2, 0) is 19.1 Å². The molecular weight excluding hydrogens is 420 g/mol. The number of amides is 2. The Labute approximate surface area is 191 Å². The van der Waals surface area contributed by atoms with Gasteiger partial charge in [0.25, 0.3) is 11.8 Å². The van der Waals surface area contributed by atoms with Crippen LogP contribution in [0, 0.1) is 0 Å². The molecule has 1 atom stereocenters. The third kappa shape index (κ3) is 5.20. The molecule has 3 aromatic carbocycles. The van der Waals surface area contributed by atoms with E-state index in [1.165, 1.54) is 11.8 Å². The second-order valence-electron chi connectivity index (χ2n) is 7.58. The molecule has 0 spiro atoms. The highest BCUT2D eigenvalue weighted by molar-refractivity contribution is 5.99. The topological polar surface area (TPSA) is 84.9 Å². The van der Waals surface area contributed by atoms with Crippen molar-refractivity contribution in [2.24, 2.45) is 0 Å². The minimum atomic E-state index is -0.992. The summed E-state index contributed by atoms with van der Waals surface area (Å²) >= 11 is 0. The van der Waals surface area contributed by atoms with Crippen molar-refractivity contribution >= 4 is 29.2 Å². The molecule has 2 amide bonds. The lowest BCUT2D eigenvalue weighted by Crippen LogP contribution is -2.40. The number of esters is 1. The number of benzene rings is 3. The number of carbonyl (C=O) groups is 3. The summed E-state index contributed by atoms with van der Waals surface area (Å²) in [5.41, 5.74) is 3.08. The Morgan fingerprint density at radius 2 is 1.70 bits per heavy atom. The van der Waals surface area contributed by atoms with Gasteiger partial charge in [0.05, 0.1) is 12.1 Å². The van der Waals surface area contributed by atoms with Crippen LogP contribution in [0.3, 0.4) is 0 Å². The van der Waals surface area contributed by atoms with E-state index in [2.05, 4.69) is 5.32 Å². The second kappa shape index (κ2) is 9.99. The first-order valence-corrected chi connectivity index (χ1v) is 10.7. The van der Waals surface area contributed by atoms with Crippen molar-refractivity contribution in [1.29, 1.82) is 0 Å². The Morgan fingerprint density at radius 3 is 2.52 bits per heavy atom. The number of hydrogen-bond acceptors (Lipinski definition) is 5. The van der Waals surface area contributed by atoms with Crippen molar-refractivity contribution in [3.63, 3.8) is 0 Å². The maximum Gasteiger partial charge on any atom is 0.308 e. The molecule has 0 aliphatic carbocycles. The summed E-state index contributed by atoms with van der Waals surface area (Å²) in [6.45, 7) is 1.59. The van der Waals surface area contributed by atoms with Gasteiger partial charge in [-0.25, -0.2) is 0 Å². The maximum atomic E-state index is 12.7. The Balaban J connectivity index is 1.35. The molecule has 0 unspecified atom stereocenters. The Kier molecular flexibility index (Phi) is 6.69. The van der Waals surface area contributed by atoms with E-state index in [9.17, 15) is 14.4 Å². The van der Waals surface area contributed by atoms with Gasteiger partial charge in [-0.3, -0.25) is 14.4 Å². The van der Waals surface area contributed by atoms with Crippen LogP contribution >= 0.6 is 0 Å². The summed E-state index contributed by atoms with van der Waals surface area (Å²) in [7, 11) is 0. The summed E-state index contributed by atoms with van der Waals surface area (Å²) in [4.78, 5) is 38.8. The third-order valence-electron chi connectivity index (χ3n) is 5.29. The van der Waals surface area contributed by atoms with Gasteiger partial charge < -0.3 is 19.7 Å². The lowest BCUT2D eigenvalue weighted by atomic mass is 10.0. The van der Waals surface area contributed by atoms with Gasteiger partial charge in [-0.05, 0) is 30.7 Å². The molecule has 1 N–H and O–H groups in total. The first-order chi connectivity index (χ1) is 16.0. The molecule has 1 heterocycles. The molecule has 7 nitrogen and oxygen atoms in total. The van der Waals surface area contributed by atoms with Gasteiger partial charge in [-0.15, -0.1) is 0 Å². The SMILES string of the molecule is C[C@@H](OC(=O)CCN1C(=O)COc2ccccc21)C(=O)Nc1ccccc1-c1ccccc1. The van der Waals surface area contributed by atoms with Gasteiger partial charge in [0.15, 0.2) is 12.7 Å². The number of ether oxygens (including phenoxy) is 2. The standard InChI is InChI=1S/C26H24N2O5/c1-18(26(31)27-21-12-6-5-11-20(21)19-9-3-2-4-10-19)33-25(30)15-16-28-22-13-7-8-14-23(22)32-17-24(28)29/h2-14,18H,15-17H2,1H3,(H,27,31)/t18-/m1/s1. The lowest BCUT2D eigenvalue weighted by Gasteiger charge is -2.29. The number of nitrogens with one attached hydrogen (secondary N) is 1. The van der Waals surface area contributed by atoms with Crippen LogP contribution in [0.2, 0.25) is 0 Å². The highest BCUT2D eigenvalue weighted by Gasteiger charge is 2.26. The largest absolute Gasteiger partial charge is 0.482 e. The van der Waals surface area contributed by atoms with E-state index in [4.69, 9.17) is 9.47 Å². The van der Waals surface area contributed by atoms with Crippen LogP contribution in [0.4, 0.5) is 11.4 Å². The highest BCUT2D eigenvalue weighted by atomic mass is 16.5. The number of carbonyl (C=O) groups excluding carboxylic acids is 3. The van der Waals surface area contributed by atoms with Crippen LogP contribution in [0.1, 0.15) is 13.3 Å². The Hall–Kier alpha value is -4.13. The third-order valence-corrected chi connectivity index (χ3v) is 5.29. The van der Waals surface area contributed by atoms with Crippen molar-refractivity contribution in [1.82, 2.24) is 0 Å². The molecule has 168 valence electrons. The summed E-state index contributed by atoms with van der Waals surface area (Å²) < 4.78 is 10.7. The van der Waals surface area contributed by atoms with Gasteiger partial charge in [-0.1, -0.05) is 60.7 Å². The smallest absolute Gasteiger partial charge is 0.308 e. The molecule has 7 heteroatoms. The number of rotatable bonds is 7. The summed E-state index contributed by atoms with van der Waals surface area (Å²) in [5, 5.41) is 2.84. The molecule has 0 fully saturated rings. The zero-order chi connectivity index (χ0) is 23.2. The minimum absolute atomic E-state index is 0.0434. The molecule has 3 aromatic rings. The molecule has 33 heavy (non-hydrogen) atoms. The second-order valence-corrected chi connectivity index (χ2v) is 7.58. The number of para-hydroxylation sites is 3. The highest BCUT2D eigenvalue weighted by Crippen LogP contribution is 2.31. The average molecular weight is 444 g/mol. The molecule has 0 saturated carbocycles. The fraction of sp³-hybridized carbons (Fsp3) is 0.192. The van der Waals surface area contributed by atoms with Crippen molar-refractivity contribution < 1.29 is 23.9 Å². The Morgan fingerprint density at radius 1 is 1.00 bits per heavy atom. The Bertz CT molecular complexity index is 1160. The molecule has 0 saturated heterocycles. The van der Waals surface area contributed by atoms with Crippen molar-refractivity contribution in [3.05, 3.63) is 78.9 Å². The lowest BCUT2D eigenvalue weighted by molar-refractivity contribution is -0.153. The van der Waals surface area contributed by atoms with Crippen LogP contribution in [-0.4, -0.2) is 37.0 Å². The summed E-state index contributed by atoms with van der Waals surface area (Å²) in [6, 6.07) is 24.3. The minimum Gasteiger partial charge on any atom is -0.482 e. The average Bonchev–Trinajstić information content (AvgIpc) is 2.84. The zero-order valence-corrected chi connectivity index (χ0v) is 18.2. The molecule has 0 radical (unpaired) electrons. The van der Waals surface area contributed by atoms with E-state index < -0.39 is 18.0 Å². The van der Waals surface area contributed by atoms with Crippen LogP contribution < -0.4 is 15.0 Å². The molecular formula is C26H24N2O5. The van der Waals surface area contributed by atoms with Crippen LogP contribution in [0.15, 0.2) is 78.9 Å². The van der Waals surface area contributed by atoms with Crippen molar-refractivity contribution in [2.45, 2.75) is 19.4 Å². The predicted octanol–water partition coefficient (Wildman–Crippen LogP) is 4.04. The van der Waals surface area contributed by atoms with Crippen molar-refractivity contribution in [2.75, 3.05) is 23.4 Å². The van der Waals surface area contributed by atoms with Gasteiger partial charge in [-0.2, -0.15) is 0 Å². The van der Waals surface area contributed by atoms with E-state index in [1.807, 2.05) is 54.6 Å². The van der Waals surface area contributed by atoms with E-state index in [0.717, 1.165) is 11.1 Å². The van der Waals surface area contributed by atoms with Gasteiger partial charge in [0.1, 0.15) is 5.75 Å². The van der Waals surface area contributed by atoms with Gasteiger partial charge >= 0.3 is 5.97 Å². The fourth-order valence-electron chi connectivity index (χ4n) is 3.61. The fourth-order valence-corrected chi connectivity index (χ4v) is 3.61. The van der Waals surface area contributed by atoms with Crippen LogP contribution in [0.25, 0.3) is 11.1 Å². The zero-order valence-electron chi connectivity index (χ0n) is 18.2. The van der Waals surface area contributed by atoms with E-state index in [0.29, 0.717) is 17.1 Å². The van der Waals surface area contributed by atoms with Gasteiger partial charge in [0.2, 0.25) is 0 Å². The molecule has 0 bridgehead atoms. The number of anilines is 2. The van der Waals surface area contributed by atoms with E-state index >= 15 is 0 Å². The monoisotopic (exact) mass is 444 g/mol. The summed E-state index contributed by atoms with van der Waals surface area (Å²) in [5.74, 6) is -0.634. The normalized spacial score (nSPS) is 13.5. The van der Waals surface area contributed by atoms with E-state index in [1.54, 1.807) is 24.3 Å². The molecule has 0 aromatic heterocycles. The quantitative estimate of drug-likeness (QED) is 0.556. The summed E-state index contributed by atoms with van der Waals surface area (Å²) in [6.07, 6.45) is -1.04. The van der Waals surface area contributed by atoms with Crippen LogP contribution in [0.5, 0.6) is 5.75 Å². The number of fused-ring (bicyclic) bond motifs is 1.